The van der Waals surface area contributed by atoms with Gasteiger partial charge in [0.05, 0.1) is 16.4 Å². The summed E-state index contributed by atoms with van der Waals surface area (Å²) in [5, 5.41) is 8.36. The molecule has 1 aromatic heterocycles. The Labute approximate surface area is 167 Å². The van der Waals surface area contributed by atoms with Gasteiger partial charge in [-0.3, -0.25) is 4.79 Å². The molecular formula is C17H10BrCl2N5O. The zero-order valence-corrected chi connectivity index (χ0v) is 16.4. The van der Waals surface area contributed by atoms with E-state index in [0.29, 0.717) is 27.0 Å². The number of halogens is 3. The van der Waals surface area contributed by atoms with Crippen LogP contribution in [0.25, 0.3) is 27.4 Å². The van der Waals surface area contributed by atoms with Crippen molar-refractivity contribution in [1.29, 1.82) is 0 Å². The van der Waals surface area contributed by atoms with Gasteiger partial charge in [0.1, 0.15) is 5.69 Å². The van der Waals surface area contributed by atoms with Gasteiger partial charge in [-0.1, -0.05) is 51.3 Å². The highest BCUT2D eigenvalue weighted by molar-refractivity contribution is 9.10. The Morgan fingerprint density at radius 1 is 1.23 bits per heavy atom. The summed E-state index contributed by atoms with van der Waals surface area (Å²) < 4.78 is 2.47. The highest BCUT2D eigenvalue weighted by atomic mass is 79.9. The number of amides is 1. The molecule has 26 heavy (non-hydrogen) atoms. The molecule has 0 saturated carbocycles. The highest BCUT2D eigenvalue weighted by Crippen LogP contribution is 2.33. The van der Waals surface area contributed by atoms with Gasteiger partial charge in [-0.15, -0.1) is 0 Å². The third-order valence-electron chi connectivity index (χ3n) is 3.72. The summed E-state index contributed by atoms with van der Waals surface area (Å²) in [7, 11) is 0. The molecule has 0 unspecified atom stereocenters. The number of carbonyl (C=O) groups excluding carboxylic acids is 1. The van der Waals surface area contributed by atoms with E-state index in [9.17, 15) is 4.79 Å². The molecule has 0 atom stereocenters. The molecule has 130 valence electrons. The molecule has 9 heteroatoms. The molecule has 3 aromatic rings. The summed E-state index contributed by atoms with van der Waals surface area (Å²) in [6.45, 7) is 1.74. The highest BCUT2D eigenvalue weighted by Gasteiger charge is 2.22. The zero-order valence-electron chi connectivity index (χ0n) is 13.3. The van der Waals surface area contributed by atoms with Crippen LogP contribution in [0.2, 0.25) is 10.0 Å². The van der Waals surface area contributed by atoms with Crippen molar-refractivity contribution >= 4 is 45.0 Å². The third-order valence-corrected chi connectivity index (χ3v) is 4.78. The maximum absolute atomic E-state index is 12.1. The van der Waals surface area contributed by atoms with Crippen LogP contribution in [0.5, 0.6) is 0 Å². The molecule has 6 nitrogen and oxygen atoms in total. The fourth-order valence-electron chi connectivity index (χ4n) is 2.56. The van der Waals surface area contributed by atoms with Crippen LogP contribution in [0.15, 0.2) is 52.1 Å². The Hall–Kier alpha value is -2.31. The lowest BCUT2D eigenvalue weighted by Gasteiger charge is -2.11. The lowest BCUT2D eigenvalue weighted by Crippen LogP contribution is -2.02. The van der Waals surface area contributed by atoms with Crippen molar-refractivity contribution in [3.63, 3.8) is 0 Å². The van der Waals surface area contributed by atoms with E-state index in [-0.39, 0.29) is 5.69 Å². The number of azide groups is 1. The molecule has 0 saturated heterocycles. The van der Waals surface area contributed by atoms with Gasteiger partial charge < -0.3 is 0 Å². The smallest absolute Gasteiger partial charge is 0.269 e. The van der Waals surface area contributed by atoms with Crippen molar-refractivity contribution in [2.24, 2.45) is 5.11 Å². The predicted octanol–water partition coefficient (Wildman–Crippen LogP) is 6.37. The number of rotatable bonds is 3. The lowest BCUT2D eigenvalue weighted by molar-refractivity contribution is 0.0994. The fourth-order valence-corrected chi connectivity index (χ4v) is 3.31. The molecule has 1 amide bonds. The Bertz CT molecular complexity index is 1060. The number of nitrogens with zero attached hydrogens (tertiary/aromatic N) is 5. The number of benzene rings is 2. The Morgan fingerprint density at radius 3 is 2.54 bits per heavy atom. The van der Waals surface area contributed by atoms with Crippen molar-refractivity contribution in [3.05, 3.63) is 78.7 Å². The molecule has 0 aliphatic rings. The monoisotopic (exact) mass is 449 g/mol. The summed E-state index contributed by atoms with van der Waals surface area (Å²) in [4.78, 5) is 14.7. The van der Waals surface area contributed by atoms with Crippen LogP contribution in [0.1, 0.15) is 16.1 Å². The maximum atomic E-state index is 12.1. The van der Waals surface area contributed by atoms with Crippen LogP contribution in [-0.4, -0.2) is 15.7 Å². The molecule has 0 bridgehead atoms. The topological polar surface area (TPSA) is 83.7 Å². The average Bonchev–Trinajstić information content (AvgIpc) is 2.93. The summed E-state index contributed by atoms with van der Waals surface area (Å²) in [5.74, 6) is -0.757. The normalized spacial score (nSPS) is 10.5. The lowest BCUT2D eigenvalue weighted by atomic mass is 10.1. The second-order valence-corrected chi connectivity index (χ2v) is 7.09. The predicted molar refractivity (Wildman–Crippen MR) is 105 cm³/mol. The number of hydrogen-bond donors (Lipinski definition) is 0. The Morgan fingerprint density at radius 2 is 1.92 bits per heavy atom. The first-order valence-electron chi connectivity index (χ1n) is 7.32. The van der Waals surface area contributed by atoms with Crippen LogP contribution in [-0.2, 0) is 0 Å². The van der Waals surface area contributed by atoms with E-state index in [4.69, 9.17) is 28.7 Å². The van der Waals surface area contributed by atoms with Crippen LogP contribution < -0.4 is 0 Å². The summed E-state index contributed by atoms with van der Waals surface area (Å²) in [5.41, 5.74) is 11.2. The molecule has 0 fully saturated rings. The molecule has 0 aliphatic carbocycles. The van der Waals surface area contributed by atoms with Gasteiger partial charge in [0.25, 0.3) is 5.91 Å². The fraction of sp³-hybridized carbons (Fsp3) is 0.0588. The van der Waals surface area contributed by atoms with E-state index in [1.165, 1.54) is 0 Å². The van der Waals surface area contributed by atoms with Crippen molar-refractivity contribution in [1.82, 2.24) is 9.78 Å². The van der Waals surface area contributed by atoms with Crippen LogP contribution in [0.4, 0.5) is 0 Å². The van der Waals surface area contributed by atoms with Gasteiger partial charge in [0.2, 0.25) is 0 Å². The van der Waals surface area contributed by atoms with E-state index in [1.807, 2.05) is 24.3 Å². The van der Waals surface area contributed by atoms with E-state index in [2.05, 4.69) is 31.1 Å². The minimum absolute atomic E-state index is 0.0618. The summed E-state index contributed by atoms with van der Waals surface area (Å²) in [6.07, 6.45) is 0. The van der Waals surface area contributed by atoms with E-state index < -0.39 is 5.91 Å². The largest absolute Gasteiger partial charge is 0.285 e. The van der Waals surface area contributed by atoms with Gasteiger partial charge in [-0.2, -0.15) is 5.10 Å². The molecular weight excluding hydrogens is 441 g/mol. The maximum Gasteiger partial charge on any atom is 0.269 e. The standard InChI is InChI=1S/C17H10BrCl2N5O/c1-9-15(17(26)22-24-21)23-25(14-7-6-12(19)8-13(14)20)16(9)10-2-4-11(18)5-3-10/h2-8H,1H3. The molecule has 0 N–H and O–H groups in total. The van der Waals surface area contributed by atoms with Gasteiger partial charge in [0, 0.05) is 25.5 Å². The third kappa shape index (κ3) is 3.48. The second-order valence-electron chi connectivity index (χ2n) is 5.33. The number of aromatic nitrogens is 2. The van der Waals surface area contributed by atoms with Gasteiger partial charge in [-0.05, 0) is 47.9 Å². The van der Waals surface area contributed by atoms with E-state index in [1.54, 1.807) is 29.8 Å². The molecule has 0 spiro atoms. The Kier molecular flexibility index (Phi) is 5.34. The minimum atomic E-state index is -0.757. The minimum Gasteiger partial charge on any atom is -0.285 e. The van der Waals surface area contributed by atoms with Crippen molar-refractivity contribution in [3.8, 4) is 16.9 Å². The molecule has 0 aliphatic heterocycles. The van der Waals surface area contributed by atoms with Crippen LogP contribution in [0, 0.1) is 6.92 Å². The average molecular weight is 451 g/mol. The van der Waals surface area contributed by atoms with E-state index in [0.717, 1.165) is 10.0 Å². The summed E-state index contributed by atoms with van der Waals surface area (Å²) in [6, 6.07) is 12.5. The van der Waals surface area contributed by atoms with Crippen LogP contribution >= 0.6 is 39.1 Å². The quantitative estimate of drug-likeness (QED) is 0.264. The first kappa shape index (κ1) is 18.5. The molecule has 3 rings (SSSR count). The zero-order chi connectivity index (χ0) is 18.8. The Balaban J connectivity index is 2.31. The molecule has 1 heterocycles. The first-order valence-corrected chi connectivity index (χ1v) is 8.87. The van der Waals surface area contributed by atoms with Gasteiger partial charge >= 0.3 is 0 Å². The van der Waals surface area contributed by atoms with Crippen molar-refractivity contribution in [2.45, 2.75) is 6.92 Å². The van der Waals surface area contributed by atoms with Crippen molar-refractivity contribution in [2.75, 3.05) is 0 Å². The summed E-state index contributed by atoms with van der Waals surface area (Å²) >= 11 is 15.7. The SMILES string of the molecule is Cc1c(C(=O)N=[N+]=[N-])nn(-c2ccc(Cl)cc2Cl)c1-c1ccc(Br)cc1. The second kappa shape index (κ2) is 7.51. The van der Waals surface area contributed by atoms with Crippen LogP contribution in [0.3, 0.4) is 0 Å². The number of carbonyl (C=O) groups is 1. The number of hydrogen-bond acceptors (Lipinski definition) is 2. The first-order chi connectivity index (χ1) is 12.4. The molecule has 0 radical (unpaired) electrons. The van der Waals surface area contributed by atoms with Crippen molar-refractivity contribution < 1.29 is 4.79 Å². The molecule has 2 aromatic carbocycles. The van der Waals surface area contributed by atoms with E-state index >= 15 is 0 Å². The van der Waals surface area contributed by atoms with Gasteiger partial charge in [0.15, 0.2) is 0 Å². The van der Waals surface area contributed by atoms with Gasteiger partial charge in [-0.25, -0.2) is 4.68 Å².